The van der Waals surface area contributed by atoms with E-state index in [1.165, 1.54) is 4.80 Å². The number of carbonyl (C=O) groups excluding carboxylic acids is 1. The normalized spacial score (nSPS) is 12.2. The summed E-state index contributed by atoms with van der Waals surface area (Å²) in [7, 11) is 0. The van der Waals surface area contributed by atoms with Crippen molar-refractivity contribution < 1.29 is 9.90 Å². The van der Waals surface area contributed by atoms with E-state index in [1.54, 1.807) is 18.2 Å². The van der Waals surface area contributed by atoms with Crippen molar-refractivity contribution in [3.8, 4) is 11.4 Å². The zero-order valence-electron chi connectivity index (χ0n) is 16.8. The summed E-state index contributed by atoms with van der Waals surface area (Å²) >= 11 is 0. The monoisotopic (exact) mass is 380 g/mol. The highest BCUT2D eigenvalue weighted by atomic mass is 16.3. The van der Waals surface area contributed by atoms with E-state index in [0.29, 0.717) is 11.4 Å². The highest BCUT2D eigenvalue weighted by Gasteiger charge is 2.17. The van der Waals surface area contributed by atoms with Crippen molar-refractivity contribution >= 4 is 22.6 Å². The number of hydrogen-bond donors (Lipinski definition) is 2. The van der Waals surface area contributed by atoms with Gasteiger partial charge in [0.05, 0.1) is 0 Å². The molecule has 0 saturated heterocycles. The molecule has 2 aromatic carbocycles. The molecule has 3 aromatic rings. The van der Waals surface area contributed by atoms with E-state index >= 15 is 0 Å². The molecule has 1 atom stereocenters. The van der Waals surface area contributed by atoms with Gasteiger partial charge in [0.2, 0.25) is 5.91 Å². The molecule has 1 heterocycles. The minimum atomic E-state index is -0.00492. The Kier molecular flexibility index (Phi) is 6.29. The second-order valence-electron chi connectivity index (χ2n) is 7.28. The van der Waals surface area contributed by atoms with Gasteiger partial charge >= 0.3 is 0 Å². The van der Waals surface area contributed by atoms with Gasteiger partial charge in [-0.05, 0) is 49.6 Å². The van der Waals surface area contributed by atoms with E-state index in [4.69, 9.17) is 0 Å². The largest absolute Gasteiger partial charge is 0.506 e. The number of aryl methyl sites for hydroxylation is 1. The molecule has 0 aliphatic rings. The summed E-state index contributed by atoms with van der Waals surface area (Å²) in [6.45, 7) is 6.19. The number of amides is 1. The fourth-order valence-electron chi connectivity index (χ4n) is 3.31. The third-order valence-corrected chi connectivity index (χ3v) is 5.01. The summed E-state index contributed by atoms with van der Waals surface area (Å²) in [5, 5.41) is 22.2. The van der Waals surface area contributed by atoms with Crippen molar-refractivity contribution in [3.63, 3.8) is 0 Å². The molecule has 0 fully saturated rings. The molecule has 0 spiro atoms. The van der Waals surface area contributed by atoms with Crippen molar-refractivity contribution in [1.82, 2.24) is 15.0 Å². The highest BCUT2D eigenvalue weighted by molar-refractivity contribution is 5.92. The third-order valence-electron chi connectivity index (χ3n) is 5.01. The Bertz CT molecular complexity index is 964. The van der Waals surface area contributed by atoms with Crippen LogP contribution in [0.25, 0.3) is 16.7 Å². The summed E-state index contributed by atoms with van der Waals surface area (Å²) in [5.41, 5.74) is 3.69. The van der Waals surface area contributed by atoms with Crippen LogP contribution in [-0.2, 0) is 4.79 Å². The average Bonchev–Trinajstić information content (AvgIpc) is 3.08. The smallest absolute Gasteiger partial charge is 0.227 e. The van der Waals surface area contributed by atoms with Crippen LogP contribution in [-0.4, -0.2) is 26.0 Å². The van der Waals surface area contributed by atoms with Gasteiger partial charge in [0.15, 0.2) is 0 Å². The number of unbranched alkanes of at least 4 members (excludes halogenated alkanes) is 2. The zero-order valence-corrected chi connectivity index (χ0v) is 16.8. The maximum atomic E-state index is 12.5. The van der Waals surface area contributed by atoms with Crippen LogP contribution in [0.5, 0.6) is 5.75 Å². The Labute approximate surface area is 165 Å². The number of carbonyl (C=O) groups is 1. The van der Waals surface area contributed by atoms with Gasteiger partial charge in [0.1, 0.15) is 22.5 Å². The number of benzene rings is 2. The molecule has 0 bridgehead atoms. The fourth-order valence-corrected chi connectivity index (χ4v) is 3.31. The van der Waals surface area contributed by atoms with Crippen molar-refractivity contribution in [2.75, 3.05) is 5.32 Å². The van der Waals surface area contributed by atoms with Crippen molar-refractivity contribution in [3.05, 3.63) is 42.0 Å². The number of anilines is 1. The van der Waals surface area contributed by atoms with Gasteiger partial charge in [-0.2, -0.15) is 0 Å². The molecule has 0 saturated carbocycles. The molecule has 148 valence electrons. The number of fused-ring (bicyclic) bond motifs is 1. The van der Waals surface area contributed by atoms with Crippen LogP contribution in [0.15, 0.2) is 36.4 Å². The quantitative estimate of drug-likeness (QED) is 0.540. The van der Waals surface area contributed by atoms with E-state index in [1.807, 2.05) is 32.0 Å². The molecular formula is C22H28N4O2. The van der Waals surface area contributed by atoms with E-state index in [9.17, 15) is 9.90 Å². The second kappa shape index (κ2) is 8.87. The topological polar surface area (TPSA) is 80.0 Å². The van der Waals surface area contributed by atoms with Gasteiger partial charge in [-0.1, -0.05) is 39.2 Å². The number of aromatic nitrogens is 3. The lowest BCUT2D eigenvalue weighted by atomic mass is 9.97. The predicted octanol–water partition coefficient (Wildman–Crippen LogP) is 4.98. The van der Waals surface area contributed by atoms with Crippen molar-refractivity contribution in [2.24, 2.45) is 5.92 Å². The molecule has 0 aliphatic heterocycles. The number of rotatable bonds is 8. The van der Waals surface area contributed by atoms with Crippen LogP contribution >= 0.6 is 0 Å². The molecule has 1 unspecified atom stereocenters. The Morgan fingerprint density at radius 3 is 2.61 bits per heavy atom. The molecule has 28 heavy (non-hydrogen) atoms. The average molecular weight is 380 g/mol. The van der Waals surface area contributed by atoms with Gasteiger partial charge in [-0.15, -0.1) is 15.0 Å². The first-order valence-corrected chi connectivity index (χ1v) is 9.99. The number of aromatic hydroxyl groups is 1. The molecule has 1 aromatic heterocycles. The Balaban J connectivity index is 1.75. The minimum Gasteiger partial charge on any atom is -0.506 e. The number of phenols is 1. The summed E-state index contributed by atoms with van der Waals surface area (Å²) in [6, 6.07) is 10.9. The molecule has 0 radical (unpaired) electrons. The van der Waals surface area contributed by atoms with Gasteiger partial charge in [0.25, 0.3) is 0 Å². The Morgan fingerprint density at radius 2 is 1.89 bits per heavy atom. The van der Waals surface area contributed by atoms with E-state index in [0.717, 1.165) is 48.7 Å². The maximum Gasteiger partial charge on any atom is 0.227 e. The maximum absolute atomic E-state index is 12.5. The Hall–Kier alpha value is -2.89. The standard InChI is InChI=1S/C22H28N4O2/c1-4-6-7-8-16(5-2)22(28)23-17-10-12-20(21(27)14-17)26-24-18-11-9-15(3)13-19(18)25-26/h9-14,16,27H,4-8H2,1-3H3,(H,23,28). The van der Waals surface area contributed by atoms with Crippen LogP contribution in [0.1, 0.15) is 51.5 Å². The van der Waals surface area contributed by atoms with Gasteiger partial charge in [-0.25, -0.2) is 0 Å². The van der Waals surface area contributed by atoms with Crippen LogP contribution in [0, 0.1) is 12.8 Å². The lowest BCUT2D eigenvalue weighted by Gasteiger charge is -2.15. The fraction of sp³-hybridized carbons (Fsp3) is 0.409. The highest BCUT2D eigenvalue weighted by Crippen LogP contribution is 2.26. The predicted molar refractivity (Wildman–Crippen MR) is 112 cm³/mol. The van der Waals surface area contributed by atoms with Crippen molar-refractivity contribution in [2.45, 2.75) is 52.9 Å². The minimum absolute atomic E-state index is 0.00387. The summed E-state index contributed by atoms with van der Waals surface area (Å²) in [6.07, 6.45) is 5.05. The molecule has 2 N–H and O–H groups in total. The van der Waals surface area contributed by atoms with Gasteiger partial charge in [-0.3, -0.25) is 4.79 Å². The molecule has 6 nitrogen and oxygen atoms in total. The second-order valence-corrected chi connectivity index (χ2v) is 7.28. The van der Waals surface area contributed by atoms with Crippen LogP contribution in [0.4, 0.5) is 5.69 Å². The summed E-state index contributed by atoms with van der Waals surface area (Å²) < 4.78 is 0. The molecule has 1 amide bonds. The number of phenolic OH excluding ortho intramolecular Hbond substituents is 1. The molecule has 0 aliphatic carbocycles. The number of hydrogen-bond acceptors (Lipinski definition) is 4. The number of nitrogens with one attached hydrogen (secondary N) is 1. The van der Waals surface area contributed by atoms with Crippen LogP contribution in [0.2, 0.25) is 0 Å². The molecular weight excluding hydrogens is 352 g/mol. The first kappa shape index (κ1) is 19.9. The van der Waals surface area contributed by atoms with E-state index in [-0.39, 0.29) is 17.6 Å². The molecule has 6 heteroatoms. The van der Waals surface area contributed by atoms with Gasteiger partial charge < -0.3 is 10.4 Å². The van der Waals surface area contributed by atoms with Crippen molar-refractivity contribution in [1.29, 1.82) is 0 Å². The first-order chi connectivity index (χ1) is 13.5. The van der Waals surface area contributed by atoms with Crippen LogP contribution < -0.4 is 5.32 Å². The van der Waals surface area contributed by atoms with Crippen LogP contribution in [0.3, 0.4) is 0 Å². The molecule has 3 rings (SSSR count). The summed E-state index contributed by atoms with van der Waals surface area (Å²) in [5.74, 6) is 0.0210. The van der Waals surface area contributed by atoms with E-state index in [2.05, 4.69) is 22.4 Å². The SMILES string of the molecule is CCCCCC(CC)C(=O)Nc1ccc(-n2nc3ccc(C)cc3n2)c(O)c1. The lowest BCUT2D eigenvalue weighted by molar-refractivity contribution is -0.120. The first-order valence-electron chi connectivity index (χ1n) is 9.99. The Morgan fingerprint density at radius 1 is 1.11 bits per heavy atom. The third kappa shape index (κ3) is 4.50. The van der Waals surface area contributed by atoms with Gasteiger partial charge in [0, 0.05) is 17.7 Å². The summed E-state index contributed by atoms with van der Waals surface area (Å²) in [4.78, 5) is 14.0. The van der Waals surface area contributed by atoms with E-state index < -0.39 is 0 Å². The number of nitrogens with zero attached hydrogens (tertiary/aromatic N) is 3. The lowest BCUT2D eigenvalue weighted by Crippen LogP contribution is -2.22. The zero-order chi connectivity index (χ0) is 20.1.